The molecule has 1 amide bonds. The molecule has 1 aliphatic rings. The summed E-state index contributed by atoms with van der Waals surface area (Å²) in [6.07, 6.45) is 2.91. The molecule has 1 saturated heterocycles. The lowest BCUT2D eigenvalue weighted by Gasteiger charge is -2.13. The molecule has 1 aromatic rings. The maximum Gasteiger partial charge on any atom is 0.339 e. The van der Waals surface area contributed by atoms with Crippen LogP contribution in [0.2, 0.25) is 10.0 Å². The molecule has 1 unspecified atom stereocenters. The number of ether oxygens (including phenoxy) is 1. The van der Waals surface area contributed by atoms with Gasteiger partial charge < -0.3 is 15.2 Å². The van der Waals surface area contributed by atoms with Crippen molar-refractivity contribution in [3.8, 4) is 0 Å². The van der Waals surface area contributed by atoms with Crippen molar-refractivity contribution in [3.63, 3.8) is 0 Å². The lowest BCUT2D eigenvalue weighted by atomic mass is 10.1. The number of anilines is 1. The third kappa shape index (κ3) is 4.09. The molecule has 1 atom stereocenters. The van der Waals surface area contributed by atoms with Gasteiger partial charge in [-0.3, -0.25) is 4.79 Å². The van der Waals surface area contributed by atoms with Gasteiger partial charge in [-0.05, 0) is 31.4 Å². The molecule has 21 heavy (non-hydrogen) atoms. The van der Waals surface area contributed by atoms with Crippen molar-refractivity contribution in [2.45, 2.75) is 31.8 Å². The fourth-order valence-corrected chi connectivity index (χ4v) is 2.69. The Morgan fingerprint density at radius 2 is 2.05 bits per heavy atom. The zero-order valence-electron chi connectivity index (χ0n) is 11.2. The second-order valence-corrected chi connectivity index (χ2v) is 5.62. The maximum absolute atomic E-state index is 11.9. The van der Waals surface area contributed by atoms with Crippen molar-refractivity contribution < 1.29 is 19.4 Å². The van der Waals surface area contributed by atoms with E-state index in [0.29, 0.717) is 6.42 Å². The molecule has 0 saturated carbocycles. The zero-order chi connectivity index (χ0) is 15.4. The molecule has 1 heterocycles. The van der Waals surface area contributed by atoms with Gasteiger partial charge in [0.2, 0.25) is 5.91 Å². The Labute approximate surface area is 132 Å². The first-order chi connectivity index (χ1) is 9.99. The molecule has 1 fully saturated rings. The van der Waals surface area contributed by atoms with E-state index < -0.39 is 5.97 Å². The zero-order valence-corrected chi connectivity index (χ0v) is 12.7. The van der Waals surface area contributed by atoms with E-state index >= 15 is 0 Å². The summed E-state index contributed by atoms with van der Waals surface area (Å²) in [6, 6.07) is 2.83. The molecule has 0 aliphatic carbocycles. The second-order valence-electron chi connectivity index (χ2n) is 4.81. The van der Waals surface area contributed by atoms with Gasteiger partial charge in [0.25, 0.3) is 0 Å². The molecule has 1 aliphatic heterocycles. The Hall–Kier alpha value is -1.30. The van der Waals surface area contributed by atoms with Gasteiger partial charge in [-0.25, -0.2) is 4.79 Å². The summed E-state index contributed by atoms with van der Waals surface area (Å²) in [4.78, 5) is 23.2. The first-order valence-electron chi connectivity index (χ1n) is 6.61. The van der Waals surface area contributed by atoms with E-state index in [1.807, 2.05) is 0 Å². The number of carboxylic acids is 1. The molecule has 114 valence electrons. The second kappa shape index (κ2) is 7.11. The average molecular weight is 332 g/mol. The van der Waals surface area contributed by atoms with Crippen LogP contribution in [-0.4, -0.2) is 29.7 Å². The van der Waals surface area contributed by atoms with Crippen LogP contribution in [0.15, 0.2) is 12.1 Å². The molecule has 0 bridgehead atoms. The molecular weight excluding hydrogens is 317 g/mol. The van der Waals surface area contributed by atoms with Crippen LogP contribution in [0.3, 0.4) is 0 Å². The fourth-order valence-electron chi connectivity index (χ4n) is 2.25. The highest BCUT2D eigenvalue weighted by atomic mass is 35.5. The van der Waals surface area contributed by atoms with Crippen molar-refractivity contribution in [3.05, 3.63) is 27.7 Å². The number of halogens is 2. The molecule has 1 aromatic carbocycles. The van der Waals surface area contributed by atoms with Gasteiger partial charge in [0, 0.05) is 13.0 Å². The number of hydrogen-bond acceptors (Lipinski definition) is 3. The van der Waals surface area contributed by atoms with Gasteiger partial charge >= 0.3 is 5.97 Å². The number of nitrogens with one attached hydrogen (secondary N) is 1. The van der Waals surface area contributed by atoms with Crippen LogP contribution in [0.5, 0.6) is 0 Å². The highest BCUT2D eigenvalue weighted by Gasteiger charge is 2.21. The largest absolute Gasteiger partial charge is 0.478 e. The Morgan fingerprint density at radius 1 is 1.33 bits per heavy atom. The average Bonchev–Trinajstić information content (AvgIpc) is 2.93. The minimum atomic E-state index is -1.24. The summed E-state index contributed by atoms with van der Waals surface area (Å²) in [5.74, 6) is -1.55. The highest BCUT2D eigenvalue weighted by Crippen LogP contribution is 2.32. The third-order valence-electron chi connectivity index (χ3n) is 3.30. The van der Waals surface area contributed by atoms with Crippen molar-refractivity contribution in [1.29, 1.82) is 0 Å². The summed E-state index contributed by atoms with van der Waals surface area (Å²) >= 11 is 11.8. The van der Waals surface area contributed by atoms with Crippen molar-refractivity contribution in [1.82, 2.24) is 0 Å². The summed E-state index contributed by atoms with van der Waals surface area (Å²) in [7, 11) is 0. The van der Waals surface area contributed by atoms with Gasteiger partial charge in [-0.15, -0.1) is 0 Å². The van der Waals surface area contributed by atoms with E-state index in [9.17, 15) is 14.7 Å². The Kier molecular flexibility index (Phi) is 5.45. The summed E-state index contributed by atoms with van der Waals surface area (Å²) in [5, 5.41) is 11.9. The molecular formula is C14H15Cl2NO4. The van der Waals surface area contributed by atoms with Crippen molar-refractivity contribution in [2.75, 3.05) is 11.9 Å². The number of hydrogen-bond donors (Lipinski definition) is 2. The smallest absolute Gasteiger partial charge is 0.339 e. The van der Waals surface area contributed by atoms with Crippen molar-refractivity contribution in [2.24, 2.45) is 0 Å². The van der Waals surface area contributed by atoms with Gasteiger partial charge in [0.15, 0.2) is 0 Å². The molecule has 0 spiro atoms. The van der Waals surface area contributed by atoms with Gasteiger partial charge in [-0.1, -0.05) is 23.2 Å². The van der Waals surface area contributed by atoms with Crippen LogP contribution in [0.4, 0.5) is 5.69 Å². The first kappa shape index (κ1) is 16.1. The van der Waals surface area contributed by atoms with Gasteiger partial charge in [0.05, 0.1) is 21.8 Å². The van der Waals surface area contributed by atoms with Crippen LogP contribution < -0.4 is 5.32 Å². The predicted molar refractivity (Wildman–Crippen MR) is 80.3 cm³/mol. The summed E-state index contributed by atoms with van der Waals surface area (Å²) < 4.78 is 5.44. The number of carbonyl (C=O) groups excluding carboxylic acids is 1. The highest BCUT2D eigenvalue weighted by molar-refractivity contribution is 6.38. The van der Waals surface area contributed by atoms with E-state index in [1.54, 1.807) is 0 Å². The summed E-state index contributed by atoms with van der Waals surface area (Å²) in [6.45, 7) is 0.732. The fraction of sp³-hybridized carbons (Fsp3) is 0.429. The summed E-state index contributed by atoms with van der Waals surface area (Å²) in [5.41, 5.74) is -0.163. The number of benzene rings is 1. The van der Waals surface area contributed by atoms with Crippen LogP contribution in [0.1, 0.15) is 36.0 Å². The van der Waals surface area contributed by atoms with Crippen molar-refractivity contribution >= 4 is 40.8 Å². The first-order valence-corrected chi connectivity index (χ1v) is 7.37. The monoisotopic (exact) mass is 331 g/mol. The number of carbonyl (C=O) groups is 2. The van der Waals surface area contributed by atoms with E-state index in [1.165, 1.54) is 12.1 Å². The predicted octanol–water partition coefficient (Wildman–Crippen LogP) is 3.59. The lowest BCUT2D eigenvalue weighted by molar-refractivity contribution is -0.116. The number of amides is 1. The Morgan fingerprint density at radius 3 is 2.67 bits per heavy atom. The molecule has 2 rings (SSSR count). The molecule has 0 radical (unpaired) electrons. The number of rotatable bonds is 5. The molecule has 0 aromatic heterocycles. The van der Waals surface area contributed by atoms with Crippen LogP contribution in [0.25, 0.3) is 0 Å². The van der Waals surface area contributed by atoms with Crippen LogP contribution >= 0.6 is 23.2 Å². The van der Waals surface area contributed by atoms with E-state index in [0.717, 1.165) is 19.4 Å². The van der Waals surface area contributed by atoms with Gasteiger partial charge in [0.1, 0.15) is 5.56 Å². The van der Waals surface area contributed by atoms with E-state index in [4.69, 9.17) is 27.9 Å². The third-order valence-corrected chi connectivity index (χ3v) is 3.93. The van der Waals surface area contributed by atoms with E-state index in [2.05, 4.69) is 5.32 Å². The topological polar surface area (TPSA) is 75.6 Å². The molecule has 5 nitrogen and oxygen atoms in total. The minimum Gasteiger partial charge on any atom is -0.478 e. The molecule has 2 N–H and O–H groups in total. The van der Waals surface area contributed by atoms with Crippen LogP contribution in [-0.2, 0) is 9.53 Å². The minimum absolute atomic E-state index is 0.0290. The SMILES string of the molecule is O=C(CCC1CCCO1)Nc1c(Cl)ccc(Cl)c1C(=O)O. The normalized spacial score (nSPS) is 17.7. The number of carboxylic acid groups (broad SMARTS) is 1. The Bertz CT molecular complexity index is 556. The molecule has 7 heteroatoms. The van der Waals surface area contributed by atoms with Crippen LogP contribution in [0, 0.1) is 0 Å². The quantitative estimate of drug-likeness (QED) is 0.864. The lowest BCUT2D eigenvalue weighted by Crippen LogP contribution is -2.17. The van der Waals surface area contributed by atoms with Gasteiger partial charge in [-0.2, -0.15) is 0 Å². The Balaban J connectivity index is 2.05. The number of aromatic carboxylic acids is 1. The maximum atomic E-state index is 11.9. The van der Waals surface area contributed by atoms with E-state index in [-0.39, 0.29) is 39.7 Å². The standard InChI is InChI=1S/C14H15Cl2NO4/c15-9-4-5-10(16)13(12(9)14(19)20)17-11(18)6-3-8-2-1-7-21-8/h4-5,8H,1-3,6-7H2,(H,17,18)(H,19,20).